The number of amides is 1. The Kier molecular flexibility index (Phi) is 6.12. The van der Waals surface area contributed by atoms with Crippen LogP contribution in [-0.4, -0.2) is 29.1 Å². The van der Waals surface area contributed by atoms with E-state index < -0.39 is 5.56 Å². The molecule has 3 N–H and O–H groups in total. The normalized spacial score (nSPS) is 11.8. The number of aryl methyl sites for hydroxylation is 1. The number of pyridine rings is 1. The molecular formula is C15H21N3O3. The van der Waals surface area contributed by atoms with E-state index >= 15 is 0 Å². The highest BCUT2D eigenvalue weighted by Crippen LogP contribution is 2.14. The van der Waals surface area contributed by atoms with Crippen molar-refractivity contribution in [2.75, 3.05) is 13.2 Å². The standard InChI is InChI=1S/C15H21N3O3/c1-9(8-19)7-17-14(20)5-4-12-10(2)13(6-16)15(21)18-11(12)3/h9,19H,4-5,7-8H2,1-3H3,(H,17,20)(H,18,21). The fraction of sp³-hybridized carbons (Fsp3) is 0.533. The predicted molar refractivity (Wildman–Crippen MR) is 78.8 cm³/mol. The Bertz CT molecular complexity index is 614. The van der Waals surface area contributed by atoms with Gasteiger partial charge in [0.25, 0.3) is 5.56 Å². The number of aliphatic hydroxyl groups excluding tert-OH is 1. The van der Waals surface area contributed by atoms with E-state index in [1.807, 2.05) is 13.0 Å². The lowest BCUT2D eigenvalue weighted by Crippen LogP contribution is -2.30. The molecule has 21 heavy (non-hydrogen) atoms. The first-order chi connectivity index (χ1) is 9.90. The first kappa shape index (κ1) is 16.9. The Morgan fingerprint density at radius 3 is 2.71 bits per heavy atom. The number of carbonyl (C=O) groups is 1. The second kappa shape index (κ2) is 7.60. The Labute approximate surface area is 123 Å². The number of hydrogen-bond acceptors (Lipinski definition) is 4. The number of rotatable bonds is 6. The van der Waals surface area contributed by atoms with Gasteiger partial charge in [0.15, 0.2) is 0 Å². The van der Waals surface area contributed by atoms with E-state index in [2.05, 4.69) is 10.3 Å². The van der Waals surface area contributed by atoms with Crippen molar-refractivity contribution in [1.29, 1.82) is 5.26 Å². The smallest absolute Gasteiger partial charge is 0.266 e. The van der Waals surface area contributed by atoms with E-state index in [-0.39, 0.29) is 30.4 Å². The summed E-state index contributed by atoms with van der Waals surface area (Å²) in [5.41, 5.74) is 1.86. The van der Waals surface area contributed by atoms with E-state index in [0.29, 0.717) is 24.2 Å². The zero-order chi connectivity index (χ0) is 16.0. The number of aliphatic hydroxyl groups is 1. The molecule has 0 saturated carbocycles. The molecule has 114 valence electrons. The lowest BCUT2D eigenvalue weighted by atomic mass is 9.99. The van der Waals surface area contributed by atoms with E-state index in [4.69, 9.17) is 10.4 Å². The van der Waals surface area contributed by atoms with Crippen LogP contribution in [-0.2, 0) is 11.2 Å². The van der Waals surface area contributed by atoms with Crippen molar-refractivity contribution < 1.29 is 9.90 Å². The van der Waals surface area contributed by atoms with Gasteiger partial charge in [0.2, 0.25) is 5.91 Å². The van der Waals surface area contributed by atoms with Gasteiger partial charge in [-0.05, 0) is 37.3 Å². The number of carbonyl (C=O) groups excluding carboxylic acids is 1. The quantitative estimate of drug-likeness (QED) is 0.711. The molecule has 1 aromatic rings. The maximum atomic E-state index is 11.8. The molecule has 1 rings (SSSR count). The number of aromatic amines is 1. The topological polar surface area (TPSA) is 106 Å². The third-order valence-electron chi connectivity index (χ3n) is 3.48. The molecule has 1 amide bonds. The summed E-state index contributed by atoms with van der Waals surface area (Å²) in [5.74, 6) is -0.0884. The van der Waals surface area contributed by atoms with E-state index in [9.17, 15) is 9.59 Å². The van der Waals surface area contributed by atoms with Crippen LogP contribution in [0.4, 0.5) is 0 Å². The Morgan fingerprint density at radius 2 is 2.14 bits per heavy atom. The lowest BCUT2D eigenvalue weighted by molar-refractivity contribution is -0.121. The zero-order valence-electron chi connectivity index (χ0n) is 12.6. The van der Waals surface area contributed by atoms with Crippen LogP contribution in [0.1, 0.15) is 35.7 Å². The van der Waals surface area contributed by atoms with Crippen LogP contribution in [0.3, 0.4) is 0 Å². The average molecular weight is 291 g/mol. The van der Waals surface area contributed by atoms with Crippen LogP contribution >= 0.6 is 0 Å². The predicted octanol–water partition coefficient (Wildman–Crippen LogP) is 0.541. The van der Waals surface area contributed by atoms with Crippen molar-refractivity contribution in [3.8, 4) is 6.07 Å². The van der Waals surface area contributed by atoms with Crippen LogP contribution in [0.2, 0.25) is 0 Å². The third-order valence-corrected chi connectivity index (χ3v) is 3.48. The highest BCUT2D eigenvalue weighted by Gasteiger charge is 2.13. The number of nitrogens with zero attached hydrogens (tertiary/aromatic N) is 1. The summed E-state index contributed by atoms with van der Waals surface area (Å²) in [7, 11) is 0. The molecule has 0 fully saturated rings. The summed E-state index contributed by atoms with van der Waals surface area (Å²) in [6.45, 7) is 5.79. The number of nitriles is 1. The van der Waals surface area contributed by atoms with Gasteiger partial charge in [-0.25, -0.2) is 0 Å². The molecule has 0 aliphatic heterocycles. The monoisotopic (exact) mass is 291 g/mol. The average Bonchev–Trinajstić information content (AvgIpc) is 2.44. The largest absolute Gasteiger partial charge is 0.396 e. The Balaban J connectivity index is 2.75. The number of nitrogens with one attached hydrogen (secondary N) is 2. The molecule has 0 spiro atoms. The fourth-order valence-electron chi connectivity index (χ4n) is 2.10. The molecule has 1 unspecified atom stereocenters. The fourth-order valence-corrected chi connectivity index (χ4v) is 2.10. The second-order valence-electron chi connectivity index (χ2n) is 5.26. The van der Waals surface area contributed by atoms with Crippen LogP contribution in [0.25, 0.3) is 0 Å². The summed E-state index contributed by atoms with van der Waals surface area (Å²) in [6.07, 6.45) is 0.735. The molecule has 0 aliphatic carbocycles. The maximum Gasteiger partial charge on any atom is 0.266 e. The van der Waals surface area contributed by atoms with Crippen LogP contribution in [0, 0.1) is 31.1 Å². The molecule has 0 radical (unpaired) electrons. The van der Waals surface area contributed by atoms with Gasteiger partial charge in [0.05, 0.1) is 0 Å². The van der Waals surface area contributed by atoms with Gasteiger partial charge < -0.3 is 15.4 Å². The third kappa shape index (κ3) is 4.43. The minimum Gasteiger partial charge on any atom is -0.396 e. The van der Waals surface area contributed by atoms with E-state index in [0.717, 1.165) is 5.56 Å². The molecule has 0 aliphatic rings. The van der Waals surface area contributed by atoms with Crippen molar-refractivity contribution in [2.24, 2.45) is 5.92 Å². The van der Waals surface area contributed by atoms with Gasteiger partial charge in [0.1, 0.15) is 11.6 Å². The van der Waals surface area contributed by atoms with Crippen molar-refractivity contribution in [3.05, 3.63) is 32.7 Å². The van der Waals surface area contributed by atoms with Gasteiger partial charge in [0, 0.05) is 25.3 Å². The van der Waals surface area contributed by atoms with Crippen molar-refractivity contribution >= 4 is 5.91 Å². The zero-order valence-corrected chi connectivity index (χ0v) is 12.6. The minimum atomic E-state index is -0.391. The molecule has 6 nitrogen and oxygen atoms in total. The lowest BCUT2D eigenvalue weighted by Gasteiger charge is -2.12. The van der Waals surface area contributed by atoms with Crippen LogP contribution in [0.5, 0.6) is 0 Å². The van der Waals surface area contributed by atoms with Crippen LogP contribution in [0.15, 0.2) is 4.79 Å². The molecule has 0 bridgehead atoms. The summed E-state index contributed by atoms with van der Waals surface area (Å²) in [5, 5.41) is 20.6. The van der Waals surface area contributed by atoms with Gasteiger partial charge >= 0.3 is 0 Å². The highest BCUT2D eigenvalue weighted by molar-refractivity contribution is 5.76. The molecule has 0 saturated heterocycles. The number of hydrogen-bond donors (Lipinski definition) is 3. The van der Waals surface area contributed by atoms with Crippen molar-refractivity contribution in [1.82, 2.24) is 10.3 Å². The molecule has 0 aromatic carbocycles. The Hall–Kier alpha value is -2.13. The van der Waals surface area contributed by atoms with Crippen LogP contribution < -0.4 is 10.9 Å². The first-order valence-corrected chi connectivity index (χ1v) is 6.90. The summed E-state index contributed by atoms with van der Waals surface area (Å²) in [6, 6.07) is 1.89. The number of aromatic nitrogens is 1. The van der Waals surface area contributed by atoms with Crippen molar-refractivity contribution in [3.63, 3.8) is 0 Å². The molecule has 1 atom stereocenters. The van der Waals surface area contributed by atoms with Gasteiger partial charge in [-0.2, -0.15) is 5.26 Å². The van der Waals surface area contributed by atoms with E-state index in [1.54, 1.807) is 13.8 Å². The first-order valence-electron chi connectivity index (χ1n) is 6.90. The summed E-state index contributed by atoms with van der Waals surface area (Å²) >= 11 is 0. The molecule has 6 heteroatoms. The van der Waals surface area contributed by atoms with E-state index in [1.165, 1.54) is 0 Å². The maximum absolute atomic E-state index is 11.8. The summed E-state index contributed by atoms with van der Waals surface area (Å²) < 4.78 is 0. The van der Waals surface area contributed by atoms with Gasteiger partial charge in [-0.1, -0.05) is 6.92 Å². The van der Waals surface area contributed by atoms with Gasteiger partial charge in [-0.15, -0.1) is 0 Å². The summed E-state index contributed by atoms with van der Waals surface area (Å²) in [4.78, 5) is 26.0. The Morgan fingerprint density at radius 1 is 1.48 bits per heavy atom. The van der Waals surface area contributed by atoms with Gasteiger partial charge in [-0.3, -0.25) is 9.59 Å². The molecule has 1 heterocycles. The highest BCUT2D eigenvalue weighted by atomic mass is 16.3. The SMILES string of the molecule is Cc1[nH]c(=O)c(C#N)c(C)c1CCC(=O)NCC(C)CO. The second-order valence-corrected chi connectivity index (χ2v) is 5.26. The van der Waals surface area contributed by atoms with Crippen molar-refractivity contribution in [2.45, 2.75) is 33.6 Å². The number of H-pyrrole nitrogens is 1. The molecule has 1 aromatic heterocycles. The molecular weight excluding hydrogens is 270 g/mol. The minimum absolute atomic E-state index is 0.0238.